The van der Waals surface area contributed by atoms with E-state index in [-0.39, 0.29) is 6.04 Å². The molecule has 1 aromatic rings. The lowest BCUT2D eigenvalue weighted by Crippen LogP contribution is -2.30. The molecule has 1 atom stereocenters. The molecule has 2 N–H and O–H groups in total. The highest BCUT2D eigenvalue weighted by Gasteiger charge is 2.22. The summed E-state index contributed by atoms with van der Waals surface area (Å²) < 4.78 is 6.39. The molecule has 0 bridgehead atoms. The van der Waals surface area contributed by atoms with Crippen molar-refractivity contribution in [1.82, 2.24) is 0 Å². The predicted octanol–water partition coefficient (Wildman–Crippen LogP) is 3.52. The van der Waals surface area contributed by atoms with Crippen molar-refractivity contribution in [3.05, 3.63) is 28.2 Å². The molecule has 0 spiro atoms. The quantitative estimate of drug-likeness (QED) is 0.923. The van der Waals surface area contributed by atoms with Crippen molar-refractivity contribution >= 4 is 15.9 Å². The topological polar surface area (TPSA) is 35.2 Å². The van der Waals surface area contributed by atoms with Gasteiger partial charge in [0.25, 0.3) is 0 Å². The third kappa shape index (κ3) is 3.23. The van der Waals surface area contributed by atoms with Gasteiger partial charge in [0.05, 0.1) is 7.11 Å². The maximum absolute atomic E-state index is 6.31. The van der Waals surface area contributed by atoms with Crippen LogP contribution in [-0.4, -0.2) is 13.2 Å². The Hall–Kier alpha value is -0.540. The summed E-state index contributed by atoms with van der Waals surface area (Å²) in [6, 6.07) is 6.37. The van der Waals surface area contributed by atoms with E-state index < -0.39 is 0 Å². The Labute approximate surface area is 112 Å². The van der Waals surface area contributed by atoms with Crippen molar-refractivity contribution in [1.29, 1.82) is 0 Å². The number of benzene rings is 1. The van der Waals surface area contributed by atoms with Gasteiger partial charge < -0.3 is 10.5 Å². The number of halogens is 1. The van der Waals surface area contributed by atoms with E-state index >= 15 is 0 Å². The highest BCUT2D eigenvalue weighted by atomic mass is 79.9. The van der Waals surface area contributed by atoms with Gasteiger partial charge in [0.2, 0.25) is 0 Å². The van der Waals surface area contributed by atoms with Crippen LogP contribution in [0.4, 0.5) is 0 Å². The molecule has 0 amide bonds. The van der Waals surface area contributed by atoms with Crippen LogP contribution in [0.15, 0.2) is 22.7 Å². The zero-order chi connectivity index (χ0) is 12.3. The van der Waals surface area contributed by atoms with Crippen LogP contribution in [0.1, 0.15) is 31.2 Å². The number of hydrogen-bond donors (Lipinski definition) is 1. The van der Waals surface area contributed by atoms with Gasteiger partial charge in [0.1, 0.15) is 5.75 Å². The van der Waals surface area contributed by atoms with Crippen molar-refractivity contribution in [3.8, 4) is 5.75 Å². The van der Waals surface area contributed by atoms with Gasteiger partial charge in [0.15, 0.2) is 0 Å². The van der Waals surface area contributed by atoms with E-state index in [0.717, 1.165) is 16.6 Å². The smallest absolute Gasteiger partial charge is 0.119 e. The van der Waals surface area contributed by atoms with E-state index in [0.29, 0.717) is 5.92 Å². The number of rotatable bonds is 4. The third-order valence-corrected chi connectivity index (χ3v) is 4.49. The van der Waals surface area contributed by atoms with Crippen molar-refractivity contribution in [2.75, 3.05) is 7.11 Å². The molecule has 1 fully saturated rings. The van der Waals surface area contributed by atoms with Crippen molar-refractivity contribution in [2.24, 2.45) is 11.7 Å². The molecule has 1 unspecified atom stereocenters. The maximum Gasteiger partial charge on any atom is 0.119 e. The second-order valence-corrected chi connectivity index (χ2v) is 5.72. The lowest BCUT2D eigenvalue weighted by atomic mass is 9.93. The first-order valence-electron chi connectivity index (χ1n) is 6.28. The first-order chi connectivity index (χ1) is 8.20. The monoisotopic (exact) mass is 297 g/mol. The Kier molecular flexibility index (Phi) is 4.46. The van der Waals surface area contributed by atoms with Crippen LogP contribution < -0.4 is 10.5 Å². The highest BCUT2D eigenvalue weighted by molar-refractivity contribution is 9.10. The fourth-order valence-electron chi connectivity index (χ4n) is 2.64. The molecule has 1 saturated carbocycles. The molecular formula is C14H20BrNO. The molecule has 0 aliphatic heterocycles. The number of methoxy groups -OCH3 is 1. The molecule has 1 aliphatic carbocycles. The third-order valence-electron chi connectivity index (χ3n) is 3.71. The summed E-state index contributed by atoms with van der Waals surface area (Å²) in [5.41, 5.74) is 7.56. The second kappa shape index (κ2) is 5.87. The van der Waals surface area contributed by atoms with E-state index in [1.165, 1.54) is 31.2 Å². The van der Waals surface area contributed by atoms with Crippen LogP contribution in [0.25, 0.3) is 0 Å². The van der Waals surface area contributed by atoms with Crippen LogP contribution in [0.3, 0.4) is 0 Å². The molecule has 94 valence electrons. The Morgan fingerprint density at radius 3 is 2.76 bits per heavy atom. The summed E-state index contributed by atoms with van der Waals surface area (Å²) in [5, 5.41) is 0. The number of hydrogen-bond acceptors (Lipinski definition) is 2. The van der Waals surface area contributed by atoms with E-state index in [9.17, 15) is 0 Å². The van der Waals surface area contributed by atoms with Gasteiger partial charge in [-0.15, -0.1) is 0 Å². The molecular weight excluding hydrogens is 278 g/mol. The summed E-state index contributed by atoms with van der Waals surface area (Å²) in [6.07, 6.45) is 6.21. The van der Waals surface area contributed by atoms with Gasteiger partial charge >= 0.3 is 0 Å². The lowest BCUT2D eigenvalue weighted by molar-refractivity contribution is 0.410. The van der Waals surface area contributed by atoms with E-state index in [1.807, 2.05) is 12.1 Å². The Balaban J connectivity index is 2.06. The Morgan fingerprint density at radius 1 is 1.41 bits per heavy atom. The minimum Gasteiger partial charge on any atom is -0.497 e. The molecule has 2 rings (SSSR count). The fraction of sp³-hybridized carbons (Fsp3) is 0.571. The molecule has 0 radical (unpaired) electrons. The summed E-state index contributed by atoms with van der Waals surface area (Å²) in [4.78, 5) is 0. The maximum atomic E-state index is 6.31. The van der Waals surface area contributed by atoms with Gasteiger partial charge in [-0.3, -0.25) is 0 Å². The lowest BCUT2D eigenvalue weighted by Gasteiger charge is -2.19. The standard InChI is InChI=1S/C14H20BrNO/c1-17-12-6-7-13(15)11(8-12)9-14(16)10-4-2-3-5-10/h6-8,10,14H,2-5,9,16H2,1H3. The second-order valence-electron chi connectivity index (χ2n) is 4.87. The Morgan fingerprint density at radius 2 is 2.12 bits per heavy atom. The number of ether oxygens (including phenoxy) is 1. The largest absolute Gasteiger partial charge is 0.497 e. The molecule has 2 nitrogen and oxygen atoms in total. The van der Waals surface area contributed by atoms with Crippen molar-refractivity contribution < 1.29 is 4.74 Å². The average molecular weight is 298 g/mol. The SMILES string of the molecule is COc1ccc(Br)c(CC(N)C2CCCC2)c1. The average Bonchev–Trinajstić information content (AvgIpc) is 2.85. The predicted molar refractivity (Wildman–Crippen MR) is 74.3 cm³/mol. The minimum atomic E-state index is 0.279. The van der Waals surface area contributed by atoms with E-state index in [2.05, 4.69) is 22.0 Å². The molecule has 0 aromatic heterocycles. The van der Waals surface area contributed by atoms with E-state index in [1.54, 1.807) is 7.11 Å². The molecule has 17 heavy (non-hydrogen) atoms. The van der Waals surface area contributed by atoms with Gasteiger partial charge in [-0.05, 0) is 48.9 Å². The van der Waals surface area contributed by atoms with Crippen LogP contribution in [0.5, 0.6) is 5.75 Å². The molecule has 1 aliphatic rings. The summed E-state index contributed by atoms with van der Waals surface area (Å²) >= 11 is 3.59. The summed E-state index contributed by atoms with van der Waals surface area (Å²) in [5.74, 6) is 1.61. The molecule has 1 aromatic carbocycles. The van der Waals surface area contributed by atoms with Gasteiger partial charge in [-0.25, -0.2) is 0 Å². The molecule has 3 heteroatoms. The number of nitrogens with two attached hydrogens (primary N) is 1. The summed E-state index contributed by atoms with van der Waals surface area (Å²) in [7, 11) is 1.70. The normalized spacial score (nSPS) is 18.3. The van der Waals surface area contributed by atoms with Gasteiger partial charge in [0, 0.05) is 10.5 Å². The zero-order valence-electron chi connectivity index (χ0n) is 10.3. The van der Waals surface area contributed by atoms with E-state index in [4.69, 9.17) is 10.5 Å². The van der Waals surface area contributed by atoms with Crippen LogP contribution >= 0.6 is 15.9 Å². The first-order valence-corrected chi connectivity index (χ1v) is 7.08. The zero-order valence-corrected chi connectivity index (χ0v) is 11.9. The summed E-state index contributed by atoms with van der Waals surface area (Å²) in [6.45, 7) is 0. The van der Waals surface area contributed by atoms with Gasteiger partial charge in [-0.1, -0.05) is 28.8 Å². The van der Waals surface area contributed by atoms with Crippen LogP contribution in [0, 0.1) is 5.92 Å². The Bertz CT molecular complexity index is 374. The molecule has 0 heterocycles. The van der Waals surface area contributed by atoms with Gasteiger partial charge in [-0.2, -0.15) is 0 Å². The highest BCUT2D eigenvalue weighted by Crippen LogP contribution is 2.30. The first kappa shape index (κ1) is 12.9. The van der Waals surface area contributed by atoms with Crippen molar-refractivity contribution in [2.45, 2.75) is 38.1 Å². The minimum absolute atomic E-state index is 0.279. The fourth-order valence-corrected chi connectivity index (χ4v) is 3.05. The molecule has 0 saturated heterocycles. The van der Waals surface area contributed by atoms with Crippen LogP contribution in [0.2, 0.25) is 0 Å². The van der Waals surface area contributed by atoms with Crippen molar-refractivity contribution in [3.63, 3.8) is 0 Å². The van der Waals surface area contributed by atoms with Crippen LogP contribution in [-0.2, 0) is 6.42 Å².